The molecule has 0 aromatic heterocycles. The molecule has 0 unspecified atom stereocenters. The molecule has 0 saturated carbocycles. The van der Waals surface area contributed by atoms with Gasteiger partial charge >= 0.3 is 0 Å². The number of amides is 2. The van der Waals surface area contributed by atoms with Gasteiger partial charge in [0, 0.05) is 19.2 Å². The Morgan fingerprint density at radius 3 is 2.91 bits per heavy atom. The standard InChI is InChI=1S/C15H17ClN2O5/c1-22-5-4-17-14(20)8-18-11-6-10(12(19)7-16)2-3-13(11)23-9-15(18)21/h2-3,6H,4-5,7-9H2,1H3,(H,17,20). The van der Waals surface area contributed by atoms with Crippen molar-refractivity contribution in [3.8, 4) is 5.75 Å². The second-order valence-electron chi connectivity index (χ2n) is 4.85. The zero-order chi connectivity index (χ0) is 16.8. The number of alkyl halides is 1. The van der Waals surface area contributed by atoms with Crippen molar-refractivity contribution in [3.63, 3.8) is 0 Å². The second kappa shape index (κ2) is 7.94. The monoisotopic (exact) mass is 340 g/mol. The molecule has 0 saturated heterocycles. The Labute approximate surface area is 138 Å². The summed E-state index contributed by atoms with van der Waals surface area (Å²) >= 11 is 5.55. The fourth-order valence-corrected chi connectivity index (χ4v) is 2.27. The maximum atomic E-state index is 12.1. The average Bonchev–Trinajstić information content (AvgIpc) is 2.56. The van der Waals surface area contributed by atoms with Crippen LogP contribution in [0.15, 0.2) is 18.2 Å². The molecule has 8 heteroatoms. The highest BCUT2D eigenvalue weighted by Gasteiger charge is 2.28. The number of ether oxygens (including phenoxy) is 2. The lowest BCUT2D eigenvalue weighted by Gasteiger charge is -2.29. The van der Waals surface area contributed by atoms with Gasteiger partial charge in [-0.05, 0) is 18.2 Å². The van der Waals surface area contributed by atoms with Gasteiger partial charge in [0.25, 0.3) is 5.91 Å². The molecule has 1 aromatic carbocycles. The van der Waals surface area contributed by atoms with Crippen molar-refractivity contribution in [2.45, 2.75) is 0 Å². The predicted octanol–water partition coefficient (Wildman–Crippen LogP) is 0.596. The molecule has 0 bridgehead atoms. The molecule has 1 N–H and O–H groups in total. The average molecular weight is 341 g/mol. The summed E-state index contributed by atoms with van der Waals surface area (Å²) < 4.78 is 10.2. The van der Waals surface area contributed by atoms with E-state index in [0.29, 0.717) is 30.2 Å². The van der Waals surface area contributed by atoms with Crippen molar-refractivity contribution >= 4 is 34.9 Å². The van der Waals surface area contributed by atoms with E-state index in [1.807, 2.05) is 0 Å². The summed E-state index contributed by atoms with van der Waals surface area (Å²) in [6.07, 6.45) is 0. The third kappa shape index (κ3) is 4.20. The Balaban J connectivity index is 2.19. The number of anilines is 1. The van der Waals surface area contributed by atoms with E-state index >= 15 is 0 Å². The SMILES string of the molecule is COCCNC(=O)CN1C(=O)COc2ccc(C(=O)CCl)cc21. The van der Waals surface area contributed by atoms with E-state index in [1.165, 1.54) is 18.1 Å². The summed E-state index contributed by atoms with van der Waals surface area (Å²) in [5.41, 5.74) is 0.751. The predicted molar refractivity (Wildman–Crippen MR) is 84.2 cm³/mol. The zero-order valence-electron chi connectivity index (χ0n) is 12.6. The van der Waals surface area contributed by atoms with Gasteiger partial charge in [-0.25, -0.2) is 0 Å². The quantitative estimate of drug-likeness (QED) is 0.446. The smallest absolute Gasteiger partial charge is 0.265 e. The molecule has 1 aliphatic heterocycles. The minimum absolute atomic E-state index is 0.152. The van der Waals surface area contributed by atoms with Crippen LogP contribution in [-0.2, 0) is 14.3 Å². The number of carbonyl (C=O) groups excluding carboxylic acids is 3. The summed E-state index contributed by atoms with van der Waals surface area (Å²) in [5, 5.41) is 2.64. The number of rotatable bonds is 7. The van der Waals surface area contributed by atoms with Crippen LogP contribution in [-0.4, -0.2) is 56.9 Å². The lowest BCUT2D eigenvalue weighted by molar-refractivity contribution is -0.125. The molecule has 7 nitrogen and oxygen atoms in total. The zero-order valence-corrected chi connectivity index (χ0v) is 13.4. The van der Waals surface area contributed by atoms with Gasteiger partial charge in [0.05, 0.1) is 18.2 Å². The van der Waals surface area contributed by atoms with E-state index in [1.54, 1.807) is 12.1 Å². The number of halogens is 1. The Morgan fingerprint density at radius 1 is 1.43 bits per heavy atom. The number of methoxy groups -OCH3 is 1. The molecule has 0 aliphatic carbocycles. The highest BCUT2D eigenvalue weighted by Crippen LogP contribution is 2.33. The molecule has 1 aliphatic rings. The first-order valence-corrected chi connectivity index (χ1v) is 7.52. The van der Waals surface area contributed by atoms with E-state index in [-0.39, 0.29) is 36.6 Å². The summed E-state index contributed by atoms with van der Waals surface area (Å²) in [5.74, 6) is -0.657. The van der Waals surface area contributed by atoms with Gasteiger partial charge in [0.2, 0.25) is 5.91 Å². The molecule has 23 heavy (non-hydrogen) atoms. The minimum Gasteiger partial charge on any atom is -0.482 e. The van der Waals surface area contributed by atoms with Crippen LogP contribution < -0.4 is 15.0 Å². The van der Waals surface area contributed by atoms with Gasteiger partial charge in [-0.3, -0.25) is 19.3 Å². The van der Waals surface area contributed by atoms with E-state index < -0.39 is 0 Å². The van der Waals surface area contributed by atoms with Crippen molar-refractivity contribution in [1.29, 1.82) is 0 Å². The molecular weight excluding hydrogens is 324 g/mol. The van der Waals surface area contributed by atoms with E-state index in [0.717, 1.165) is 0 Å². The number of carbonyl (C=O) groups is 3. The summed E-state index contributed by atoms with van der Waals surface area (Å²) in [6, 6.07) is 4.69. The van der Waals surface area contributed by atoms with Crippen molar-refractivity contribution in [1.82, 2.24) is 5.32 Å². The Kier molecular flexibility index (Phi) is 5.95. The number of hydrogen-bond acceptors (Lipinski definition) is 5. The normalized spacial score (nSPS) is 13.3. The van der Waals surface area contributed by atoms with E-state index in [2.05, 4.69) is 5.32 Å². The van der Waals surface area contributed by atoms with Crippen LogP contribution in [0.1, 0.15) is 10.4 Å². The number of fused-ring (bicyclic) bond motifs is 1. The first kappa shape index (κ1) is 17.2. The van der Waals surface area contributed by atoms with Crippen LogP contribution in [0.2, 0.25) is 0 Å². The molecule has 1 aromatic rings. The van der Waals surface area contributed by atoms with Crippen molar-refractivity contribution in [3.05, 3.63) is 23.8 Å². The summed E-state index contributed by atoms with van der Waals surface area (Å²) in [6.45, 7) is 0.428. The molecule has 1 heterocycles. The minimum atomic E-state index is -0.352. The van der Waals surface area contributed by atoms with Gasteiger partial charge in [-0.1, -0.05) is 0 Å². The first-order chi connectivity index (χ1) is 11.1. The number of hydrogen-bond donors (Lipinski definition) is 1. The third-order valence-corrected chi connectivity index (χ3v) is 3.52. The number of Topliss-reactive ketones (excluding diaryl/α,β-unsaturated/α-hetero) is 1. The fraction of sp³-hybridized carbons (Fsp3) is 0.400. The number of nitrogens with zero attached hydrogens (tertiary/aromatic N) is 1. The van der Waals surface area contributed by atoms with Gasteiger partial charge < -0.3 is 14.8 Å². The largest absolute Gasteiger partial charge is 0.482 e. The third-order valence-electron chi connectivity index (χ3n) is 3.28. The highest BCUT2D eigenvalue weighted by molar-refractivity contribution is 6.30. The van der Waals surface area contributed by atoms with E-state index in [4.69, 9.17) is 21.1 Å². The number of nitrogens with one attached hydrogen (secondary N) is 1. The van der Waals surface area contributed by atoms with Crippen LogP contribution in [0.25, 0.3) is 0 Å². The molecule has 2 amide bonds. The Hall–Kier alpha value is -2.12. The van der Waals surface area contributed by atoms with Gasteiger partial charge in [0.1, 0.15) is 12.3 Å². The Bertz CT molecular complexity index is 620. The maximum Gasteiger partial charge on any atom is 0.265 e. The molecule has 2 rings (SSSR count). The van der Waals surface area contributed by atoms with Crippen LogP contribution in [0.5, 0.6) is 5.75 Å². The highest BCUT2D eigenvalue weighted by atomic mass is 35.5. The number of ketones is 1. The lowest BCUT2D eigenvalue weighted by Crippen LogP contribution is -2.45. The van der Waals surface area contributed by atoms with Crippen molar-refractivity contribution in [2.24, 2.45) is 0 Å². The fourth-order valence-electron chi connectivity index (χ4n) is 2.12. The molecule has 0 atom stereocenters. The van der Waals surface area contributed by atoms with Gasteiger partial charge in [0.15, 0.2) is 12.4 Å². The van der Waals surface area contributed by atoms with Crippen molar-refractivity contribution < 1.29 is 23.9 Å². The molecule has 0 fully saturated rings. The molecule has 0 spiro atoms. The van der Waals surface area contributed by atoms with Crippen LogP contribution in [0.3, 0.4) is 0 Å². The Morgan fingerprint density at radius 2 is 2.22 bits per heavy atom. The van der Waals surface area contributed by atoms with Crippen LogP contribution in [0.4, 0.5) is 5.69 Å². The van der Waals surface area contributed by atoms with Crippen LogP contribution >= 0.6 is 11.6 Å². The molecule has 0 radical (unpaired) electrons. The van der Waals surface area contributed by atoms with Crippen molar-refractivity contribution in [2.75, 3.05) is 44.2 Å². The summed E-state index contributed by atoms with van der Waals surface area (Å²) in [4.78, 5) is 37.0. The number of benzene rings is 1. The molecule has 124 valence electrons. The lowest BCUT2D eigenvalue weighted by atomic mass is 10.1. The maximum absolute atomic E-state index is 12.1. The van der Waals surface area contributed by atoms with Gasteiger partial charge in [-0.2, -0.15) is 0 Å². The first-order valence-electron chi connectivity index (χ1n) is 6.99. The van der Waals surface area contributed by atoms with Gasteiger partial charge in [-0.15, -0.1) is 11.6 Å². The topological polar surface area (TPSA) is 84.9 Å². The summed E-state index contributed by atoms with van der Waals surface area (Å²) in [7, 11) is 1.53. The molecular formula is C15H17ClN2O5. The second-order valence-corrected chi connectivity index (χ2v) is 5.12. The van der Waals surface area contributed by atoms with E-state index in [9.17, 15) is 14.4 Å². The van der Waals surface area contributed by atoms with Crippen LogP contribution in [0, 0.1) is 0 Å².